The van der Waals surface area contributed by atoms with Crippen LogP contribution in [-0.2, 0) is 4.79 Å². The molecule has 0 rings (SSSR count). The zero-order valence-corrected chi connectivity index (χ0v) is 3.85. The van der Waals surface area contributed by atoms with Crippen LogP contribution in [0.3, 0.4) is 0 Å². The Kier molecular flexibility index (Phi) is 3.02. The fourth-order valence-electron chi connectivity index (χ4n) is 0.196. The quantitative estimate of drug-likeness (QED) is 0.564. The Bertz CT molecular complexity index is 76.1. The Morgan fingerprint density at radius 2 is 2.43 bits per heavy atom. The molecule has 2 radical (unpaired) electrons. The highest BCUT2D eigenvalue weighted by Gasteiger charge is 1.89. The maximum Gasteiger partial charge on any atom is 0.303 e. The molecule has 0 spiro atoms. The minimum absolute atomic E-state index is 0.0729. The second kappa shape index (κ2) is 3.40. The van der Waals surface area contributed by atoms with Gasteiger partial charge in [0, 0.05) is 6.42 Å². The summed E-state index contributed by atoms with van der Waals surface area (Å²) in [6, 6.07) is 0. The van der Waals surface area contributed by atoms with E-state index in [9.17, 15) is 4.79 Å². The van der Waals surface area contributed by atoms with Crippen molar-refractivity contribution in [2.24, 2.45) is 0 Å². The van der Waals surface area contributed by atoms with Gasteiger partial charge in [-0.2, -0.15) is 0 Å². The van der Waals surface area contributed by atoms with Gasteiger partial charge in [0.1, 0.15) is 0 Å². The molecule has 1 N–H and O–H groups in total. The van der Waals surface area contributed by atoms with E-state index in [1.54, 1.807) is 0 Å². The van der Waals surface area contributed by atoms with Crippen LogP contribution in [0.4, 0.5) is 0 Å². The molecule has 2 heteroatoms. The van der Waals surface area contributed by atoms with Crippen LogP contribution in [-0.4, -0.2) is 11.1 Å². The smallest absolute Gasteiger partial charge is 0.303 e. The van der Waals surface area contributed by atoms with E-state index < -0.39 is 5.97 Å². The monoisotopic (exact) mass is 98.0 g/mol. The number of hydrogen-bond acceptors (Lipinski definition) is 1. The predicted molar refractivity (Wildman–Crippen MR) is 24.7 cm³/mol. The second-order valence-corrected chi connectivity index (χ2v) is 1.14. The number of aliphatic carboxylic acids is 1. The molecule has 0 heterocycles. The molecule has 0 amide bonds. The van der Waals surface area contributed by atoms with Gasteiger partial charge in [-0.05, 0) is 13.0 Å². The number of rotatable bonds is 3. The Balaban J connectivity index is 2.97. The Morgan fingerprint density at radius 1 is 1.86 bits per heavy atom. The van der Waals surface area contributed by atoms with Gasteiger partial charge in [-0.3, -0.25) is 4.79 Å². The third kappa shape index (κ3) is 5.21. The Hall–Kier alpha value is -0.790. The highest BCUT2D eigenvalue weighted by Crippen LogP contribution is 1.85. The topological polar surface area (TPSA) is 37.3 Å². The second-order valence-electron chi connectivity index (χ2n) is 1.14. The normalized spacial score (nSPS) is 8.00. The summed E-state index contributed by atoms with van der Waals surface area (Å²) in [5, 5.41) is 7.94. The number of carboxylic acid groups (broad SMARTS) is 1. The first-order chi connectivity index (χ1) is 3.27. The maximum absolute atomic E-state index is 9.65. The van der Waals surface area contributed by atoms with Crippen molar-refractivity contribution in [1.82, 2.24) is 0 Å². The van der Waals surface area contributed by atoms with Crippen LogP contribution in [0.15, 0.2) is 6.08 Å². The lowest BCUT2D eigenvalue weighted by Crippen LogP contribution is -1.90. The third-order valence-electron chi connectivity index (χ3n) is 0.503. The zero-order chi connectivity index (χ0) is 5.70. The van der Waals surface area contributed by atoms with E-state index in [0.717, 1.165) is 6.08 Å². The highest BCUT2D eigenvalue weighted by molar-refractivity contribution is 5.66. The average molecular weight is 98.1 g/mol. The average Bonchev–Trinajstić information content (AvgIpc) is 1.61. The summed E-state index contributed by atoms with van der Waals surface area (Å²) in [4.78, 5) is 9.65. The first-order valence-corrected chi connectivity index (χ1v) is 1.98. The van der Waals surface area contributed by atoms with E-state index in [1.807, 2.05) is 0 Å². The van der Waals surface area contributed by atoms with Gasteiger partial charge in [0.15, 0.2) is 0 Å². The van der Waals surface area contributed by atoms with Gasteiger partial charge >= 0.3 is 5.97 Å². The van der Waals surface area contributed by atoms with E-state index in [4.69, 9.17) is 11.7 Å². The molecule has 0 fully saturated rings. The fraction of sp³-hybridized carbons (Fsp3) is 0.400. The van der Waals surface area contributed by atoms with Crippen LogP contribution in [0.1, 0.15) is 12.8 Å². The van der Waals surface area contributed by atoms with Gasteiger partial charge in [0.2, 0.25) is 0 Å². The SMILES string of the molecule is [C]=CCCC(=O)O. The first-order valence-electron chi connectivity index (χ1n) is 1.98. The van der Waals surface area contributed by atoms with Crippen molar-refractivity contribution in [3.8, 4) is 0 Å². The largest absolute Gasteiger partial charge is 0.481 e. The lowest BCUT2D eigenvalue weighted by atomic mass is 10.3. The molecule has 0 saturated carbocycles. The van der Waals surface area contributed by atoms with Gasteiger partial charge in [-0.25, -0.2) is 0 Å². The number of carboxylic acids is 1. The van der Waals surface area contributed by atoms with E-state index >= 15 is 0 Å². The number of hydrogen-bond donors (Lipinski definition) is 1. The van der Waals surface area contributed by atoms with Crippen molar-refractivity contribution >= 4 is 5.97 Å². The fourth-order valence-corrected chi connectivity index (χ4v) is 0.196. The molecule has 0 atom stereocenters. The third-order valence-corrected chi connectivity index (χ3v) is 0.503. The Labute approximate surface area is 42.5 Å². The van der Waals surface area contributed by atoms with Crippen LogP contribution >= 0.6 is 0 Å². The molecule has 7 heavy (non-hydrogen) atoms. The molecule has 0 aliphatic heterocycles. The van der Waals surface area contributed by atoms with Crippen LogP contribution in [0.25, 0.3) is 0 Å². The number of allylic oxidation sites excluding steroid dienone is 1. The molecule has 2 nitrogen and oxygen atoms in total. The van der Waals surface area contributed by atoms with Crippen molar-refractivity contribution in [3.05, 3.63) is 12.7 Å². The van der Waals surface area contributed by atoms with Crippen molar-refractivity contribution < 1.29 is 9.90 Å². The molecule has 0 aromatic heterocycles. The van der Waals surface area contributed by atoms with Crippen molar-refractivity contribution in [3.63, 3.8) is 0 Å². The summed E-state index contributed by atoms with van der Waals surface area (Å²) in [6.45, 7) is 6.41. The Morgan fingerprint density at radius 3 is 2.57 bits per heavy atom. The molecular weight excluding hydrogens is 92.1 g/mol. The summed E-state index contributed by atoms with van der Waals surface area (Å²) in [7, 11) is 0. The van der Waals surface area contributed by atoms with Crippen molar-refractivity contribution in [2.75, 3.05) is 0 Å². The summed E-state index contributed by atoms with van der Waals surface area (Å²) in [5.74, 6) is -0.844. The van der Waals surface area contributed by atoms with Crippen LogP contribution < -0.4 is 0 Å². The van der Waals surface area contributed by atoms with Crippen molar-refractivity contribution in [2.45, 2.75) is 12.8 Å². The van der Waals surface area contributed by atoms with Gasteiger partial charge in [-0.15, -0.1) is 0 Å². The van der Waals surface area contributed by atoms with E-state index in [2.05, 4.69) is 0 Å². The van der Waals surface area contributed by atoms with Gasteiger partial charge in [0.05, 0.1) is 0 Å². The molecule has 0 unspecified atom stereocenters. The van der Waals surface area contributed by atoms with Gasteiger partial charge in [0.25, 0.3) is 0 Å². The summed E-state index contributed by atoms with van der Waals surface area (Å²) >= 11 is 0. The minimum Gasteiger partial charge on any atom is -0.481 e. The van der Waals surface area contributed by atoms with Crippen LogP contribution in [0.5, 0.6) is 0 Å². The van der Waals surface area contributed by atoms with Gasteiger partial charge < -0.3 is 5.11 Å². The zero-order valence-electron chi connectivity index (χ0n) is 3.85. The molecule has 0 aliphatic carbocycles. The van der Waals surface area contributed by atoms with Crippen molar-refractivity contribution in [1.29, 1.82) is 0 Å². The minimum atomic E-state index is -0.844. The summed E-state index contributed by atoms with van der Waals surface area (Å²) in [5.41, 5.74) is 0. The van der Waals surface area contributed by atoms with E-state index in [1.165, 1.54) is 0 Å². The van der Waals surface area contributed by atoms with Gasteiger partial charge in [-0.1, -0.05) is 6.08 Å². The summed E-state index contributed by atoms with van der Waals surface area (Å²) in [6.07, 6.45) is 1.51. The molecular formula is C5H6O2. The maximum atomic E-state index is 9.65. The predicted octanol–water partition coefficient (Wildman–Crippen LogP) is 0.717. The molecule has 38 valence electrons. The van der Waals surface area contributed by atoms with Crippen LogP contribution in [0, 0.1) is 6.58 Å². The summed E-state index contributed by atoms with van der Waals surface area (Å²) < 4.78 is 0. The number of carbonyl (C=O) groups is 1. The lowest BCUT2D eigenvalue weighted by molar-refractivity contribution is -0.136. The van der Waals surface area contributed by atoms with E-state index in [-0.39, 0.29) is 6.42 Å². The lowest BCUT2D eigenvalue weighted by Gasteiger charge is -1.81. The highest BCUT2D eigenvalue weighted by atomic mass is 16.4. The molecule has 0 bridgehead atoms. The van der Waals surface area contributed by atoms with E-state index in [0.29, 0.717) is 6.42 Å². The van der Waals surface area contributed by atoms with Crippen LogP contribution in [0.2, 0.25) is 0 Å². The molecule has 0 aliphatic rings. The molecule has 0 saturated heterocycles. The first kappa shape index (κ1) is 6.21. The molecule has 0 aromatic carbocycles. The standard InChI is InChI=1S/C5H6O2/c1-2-3-4-5(6)7/h2H,3-4H2,(H,6,7). The molecule has 0 aromatic rings.